The maximum absolute atomic E-state index is 11.9. The molecule has 1 rings (SSSR count). The minimum atomic E-state index is -0.798. The van der Waals surface area contributed by atoms with Crippen LogP contribution in [-0.2, 0) is 14.3 Å². The van der Waals surface area contributed by atoms with Crippen molar-refractivity contribution in [3.63, 3.8) is 0 Å². The van der Waals surface area contributed by atoms with Gasteiger partial charge in [-0.05, 0) is 33.6 Å². The Labute approximate surface area is 125 Å². The van der Waals surface area contributed by atoms with E-state index in [2.05, 4.69) is 5.10 Å². The van der Waals surface area contributed by atoms with E-state index in [0.717, 1.165) is 5.01 Å². The number of ether oxygens (including phenoxy) is 1. The summed E-state index contributed by atoms with van der Waals surface area (Å²) in [6, 6.07) is 0. The molecule has 6 nitrogen and oxygen atoms in total. The lowest BCUT2D eigenvalue weighted by Crippen LogP contribution is -2.38. The number of ketones is 2. The molecule has 21 heavy (non-hydrogen) atoms. The lowest BCUT2D eigenvalue weighted by Gasteiger charge is -2.25. The van der Waals surface area contributed by atoms with Crippen molar-refractivity contribution in [3.05, 3.63) is 0 Å². The molecule has 1 saturated carbocycles. The van der Waals surface area contributed by atoms with Gasteiger partial charge in [0.1, 0.15) is 23.1 Å². The monoisotopic (exact) mass is 296 g/mol. The zero-order valence-corrected chi connectivity index (χ0v) is 13.4. The number of carbonyl (C=O) groups is 3. The Kier molecular flexibility index (Phi) is 5.63. The number of hydrogen-bond donors (Lipinski definition) is 0. The van der Waals surface area contributed by atoms with Crippen molar-refractivity contribution in [2.45, 2.75) is 59.0 Å². The summed E-state index contributed by atoms with van der Waals surface area (Å²) in [5, 5.41) is 5.22. The second kappa shape index (κ2) is 6.83. The molecule has 118 valence electrons. The average Bonchev–Trinajstić information content (AvgIpc) is 2.36. The minimum absolute atomic E-state index is 0.107. The molecule has 6 heteroatoms. The standard InChI is InChI=1S/C15H24N2O4/c1-6-11(18)13-10(8-7-9-12(13)19)16-17(5)14(20)21-15(2,3)4/h13H,6-9H2,1-5H3/b16-10-. The van der Waals surface area contributed by atoms with E-state index in [1.54, 1.807) is 27.7 Å². The van der Waals surface area contributed by atoms with Crippen LogP contribution in [0, 0.1) is 5.92 Å². The van der Waals surface area contributed by atoms with Gasteiger partial charge < -0.3 is 4.74 Å². The Balaban J connectivity index is 2.91. The smallest absolute Gasteiger partial charge is 0.430 e. The Bertz CT molecular complexity index is 455. The van der Waals surface area contributed by atoms with Crippen LogP contribution in [0.25, 0.3) is 0 Å². The maximum atomic E-state index is 11.9. The fraction of sp³-hybridized carbons (Fsp3) is 0.733. The molecule has 0 radical (unpaired) electrons. The van der Waals surface area contributed by atoms with E-state index in [1.165, 1.54) is 7.05 Å². The van der Waals surface area contributed by atoms with Crippen molar-refractivity contribution in [1.82, 2.24) is 5.01 Å². The Morgan fingerprint density at radius 2 is 1.95 bits per heavy atom. The lowest BCUT2D eigenvalue weighted by molar-refractivity contribution is -0.130. The molecule has 1 atom stereocenters. The van der Waals surface area contributed by atoms with Crippen LogP contribution in [0.1, 0.15) is 53.4 Å². The number of hydrogen-bond acceptors (Lipinski definition) is 5. The molecular formula is C15H24N2O4. The fourth-order valence-corrected chi connectivity index (χ4v) is 2.16. The number of amides is 1. The van der Waals surface area contributed by atoms with Crippen molar-refractivity contribution < 1.29 is 19.1 Å². The highest BCUT2D eigenvalue weighted by Gasteiger charge is 2.34. The molecule has 0 spiro atoms. The summed E-state index contributed by atoms with van der Waals surface area (Å²) in [4.78, 5) is 35.8. The zero-order chi connectivity index (χ0) is 16.2. The van der Waals surface area contributed by atoms with E-state index in [9.17, 15) is 14.4 Å². The van der Waals surface area contributed by atoms with Gasteiger partial charge in [0, 0.05) is 19.9 Å². The maximum Gasteiger partial charge on any atom is 0.430 e. The molecule has 1 unspecified atom stereocenters. The first-order valence-corrected chi connectivity index (χ1v) is 7.25. The van der Waals surface area contributed by atoms with Crippen LogP contribution < -0.4 is 0 Å². The van der Waals surface area contributed by atoms with Gasteiger partial charge in [0.05, 0.1) is 5.71 Å². The summed E-state index contributed by atoms with van der Waals surface area (Å²) in [6.07, 6.45) is 1.29. The van der Waals surface area contributed by atoms with Crippen LogP contribution >= 0.6 is 0 Å². The summed E-state index contributed by atoms with van der Waals surface area (Å²) in [7, 11) is 1.47. The third-order valence-corrected chi connectivity index (χ3v) is 3.12. The highest BCUT2D eigenvalue weighted by molar-refractivity contribution is 6.22. The molecule has 0 heterocycles. The minimum Gasteiger partial charge on any atom is -0.442 e. The number of Topliss-reactive ketones (excluding diaryl/α,β-unsaturated/α-hetero) is 2. The molecule has 0 aromatic rings. The van der Waals surface area contributed by atoms with E-state index >= 15 is 0 Å². The van der Waals surface area contributed by atoms with Gasteiger partial charge in [0.15, 0.2) is 0 Å². The summed E-state index contributed by atoms with van der Waals surface area (Å²) < 4.78 is 5.20. The number of carbonyl (C=O) groups excluding carboxylic acids is 3. The molecule has 0 saturated heterocycles. The number of rotatable bonds is 3. The Hall–Kier alpha value is -1.72. The van der Waals surface area contributed by atoms with Gasteiger partial charge in [-0.2, -0.15) is 5.10 Å². The molecule has 1 amide bonds. The van der Waals surface area contributed by atoms with Crippen LogP contribution in [-0.4, -0.2) is 41.0 Å². The third kappa shape index (κ3) is 4.95. The summed E-state index contributed by atoms with van der Waals surface area (Å²) >= 11 is 0. The van der Waals surface area contributed by atoms with Crippen molar-refractivity contribution in [3.8, 4) is 0 Å². The first kappa shape index (κ1) is 17.3. The van der Waals surface area contributed by atoms with Gasteiger partial charge in [0.25, 0.3) is 0 Å². The van der Waals surface area contributed by atoms with Crippen molar-refractivity contribution in [2.75, 3.05) is 7.05 Å². The van der Waals surface area contributed by atoms with Gasteiger partial charge in [-0.25, -0.2) is 9.80 Å². The normalized spacial score (nSPS) is 21.3. The van der Waals surface area contributed by atoms with Gasteiger partial charge in [0.2, 0.25) is 0 Å². The summed E-state index contributed by atoms with van der Waals surface area (Å²) in [5.74, 6) is -1.05. The fourth-order valence-electron chi connectivity index (χ4n) is 2.16. The zero-order valence-electron chi connectivity index (χ0n) is 13.4. The van der Waals surface area contributed by atoms with Crippen LogP contribution in [0.3, 0.4) is 0 Å². The van der Waals surface area contributed by atoms with Crippen LogP contribution in [0.2, 0.25) is 0 Å². The molecule has 0 bridgehead atoms. The molecular weight excluding hydrogens is 272 g/mol. The topological polar surface area (TPSA) is 76.0 Å². The van der Waals surface area contributed by atoms with Crippen LogP contribution in [0.15, 0.2) is 5.10 Å². The number of nitrogens with zero attached hydrogens (tertiary/aromatic N) is 2. The second-order valence-electron chi connectivity index (χ2n) is 6.17. The Morgan fingerprint density at radius 3 is 2.48 bits per heavy atom. The van der Waals surface area contributed by atoms with E-state index in [0.29, 0.717) is 25.0 Å². The summed E-state index contributed by atoms with van der Waals surface area (Å²) in [5.41, 5.74) is -0.154. The summed E-state index contributed by atoms with van der Waals surface area (Å²) in [6.45, 7) is 7.01. The predicted molar refractivity (Wildman–Crippen MR) is 79.1 cm³/mol. The Morgan fingerprint density at radius 1 is 1.33 bits per heavy atom. The second-order valence-corrected chi connectivity index (χ2v) is 6.17. The van der Waals surface area contributed by atoms with Crippen molar-refractivity contribution in [2.24, 2.45) is 11.0 Å². The molecule has 1 aliphatic rings. The molecule has 0 aromatic heterocycles. The molecule has 1 fully saturated rings. The van der Waals surface area contributed by atoms with E-state index in [1.807, 2.05) is 0 Å². The van der Waals surface area contributed by atoms with E-state index in [4.69, 9.17) is 4.74 Å². The quantitative estimate of drug-likeness (QED) is 0.592. The molecule has 0 N–H and O–H groups in total. The highest BCUT2D eigenvalue weighted by atomic mass is 16.6. The molecule has 0 aromatic carbocycles. The number of hydrazone groups is 1. The van der Waals surface area contributed by atoms with Gasteiger partial charge >= 0.3 is 6.09 Å². The largest absolute Gasteiger partial charge is 0.442 e. The van der Waals surface area contributed by atoms with Crippen LogP contribution in [0.5, 0.6) is 0 Å². The van der Waals surface area contributed by atoms with Gasteiger partial charge in [-0.3, -0.25) is 9.59 Å². The van der Waals surface area contributed by atoms with Crippen molar-refractivity contribution in [1.29, 1.82) is 0 Å². The average molecular weight is 296 g/mol. The van der Waals surface area contributed by atoms with E-state index < -0.39 is 17.6 Å². The lowest BCUT2D eigenvalue weighted by atomic mass is 9.82. The van der Waals surface area contributed by atoms with E-state index in [-0.39, 0.29) is 18.0 Å². The van der Waals surface area contributed by atoms with Crippen LogP contribution in [0.4, 0.5) is 4.79 Å². The first-order chi connectivity index (χ1) is 9.65. The third-order valence-electron chi connectivity index (χ3n) is 3.12. The molecule has 0 aliphatic heterocycles. The van der Waals surface area contributed by atoms with Gasteiger partial charge in [-0.15, -0.1) is 0 Å². The highest BCUT2D eigenvalue weighted by Crippen LogP contribution is 2.21. The first-order valence-electron chi connectivity index (χ1n) is 7.25. The molecule has 1 aliphatic carbocycles. The SMILES string of the molecule is CCC(=O)C1C(=O)CCC/C1=N/N(C)C(=O)OC(C)(C)C. The van der Waals surface area contributed by atoms with Crippen molar-refractivity contribution >= 4 is 23.4 Å². The predicted octanol–water partition coefficient (Wildman–Crippen LogP) is 2.56. The van der Waals surface area contributed by atoms with Gasteiger partial charge in [-0.1, -0.05) is 6.92 Å².